The van der Waals surface area contributed by atoms with E-state index in [-0.39, 0.29) is 29.0 Å². The fourth-order valence-electron chi connectivity index (χ4n) is 4.30. The van der Waals surface area contributed by atoms with Gasteiger partial charge in [-0.15, -0.1) is 0 Å². The van der Waals surface area contributed by atoms with Gasteiger partial charge in [-0.3, -0.25) is 9.59 Å². The summed E-state index contributed by atoms with van der Waals surface area (Å²) < 4.78 is 5.97. The van der Waals surface area contributed by atoms with Gasteiger partial charge in [0, 0.05) is 5.92 Å². The molecular weight excluding hydrogens is 328 g/mol. The highest BCUT2D eigenvalue weighted by Gasteiger charge is 2.50. The molecule has 0 saturated heterocycles. The molecule has 1 fully saturated rings. The fraction of sp³-hybridized carbons (Fsp3) is 0.545. The lowest BCUT2D eigenvalue weighted by atomic mass is 9.82. The number of Topliss-reactive ketones (excluding diaryl/α,β-unsaturated/α-hetero) is 1. The van der Waals surface area contributed by atoms with Gasteiger partial charge in [0.2, 0.25) is 0 Å². The van der Waals surface area contributed by atoms with Gasteiger partial charge in [-0.25, -0.2) is 0 Å². The van der Waals surface area contributed by atoms with Gasteiger partial charge in [-0.1, -0.05) is 56.5 Å². The second-order valence-electron chi connectivity index (χ2n) is 7.88. The predicted octanol–water partition coefficient (Wildman–Crippen LogP) is 4.18. The minimum Gasteiger partial charge on any atom is -0.509 e. The van der Waals surface area contributed by atoms with Gasteiger partial charge in [-0.05, 0) is 37.7 Å². The van der Waals surface area contributed by atoms with E-state index < -0.39 is 11.7 Å². The Bertz CT molecular complexity index is 687. The molecule has 26 heavy (non-hydrogen) atoms. The minimum absolute atomic E-state index is 0.0172. The number of ketones is 1. The van der Waals surface area contributed by atoms with Crippen molar-refractivity contribution >= 4 is 12.1 Å². The maximum absolute atomic E-state index is 13.1. The highest BCUT2D eigenvalue weighted by atomic mass is 16.5. The summed E-state index contributed by atoms with van der Waals surface area (Å²) in [6.07, 6.45) is 6.02. The van der Waals surface area contributed by atoms with Crippen LogP contribution in [0, 0.1) is 11.8 Å². The second-order valence-corrected chi connectivity index (χ2v) is 7.88. The molecule has 0 radical (unpaired) electrons. The number of aliphatic hydroxyl groups is 1. The standard InChI is InChI=1S/C22H28O4/c1-15(13-16-9-5-3-6-10-16)19(24)18-20(25)21(26-22(18,2)14-23)17-11-7-4-8-12-17/h3,5-6,9-10,14-15,17,21,25H,4,7-8,11-13H2,1-2H3. The molecule has 1 aromatic carbocycles. The summed E-state index contributed by atoms with van der Waals surface area (Å²) in [7, 11) is 0. The van der Waals surface area contributed by atoms with Gasteiger partial charge in [0.25, 0.3) is 0 Å². The van der Waals surface area contributed by atoms with E-state index in [1.165, 1.54) is 6.42 Å². The second kappa shape index (κ2) is 7.75. The molecule has 2 aliphatic rings. The number of carbonyl (C=O) groups is 2. The van der Waals surface area contributed by atoms with Gasteiger partial charge >= 0.3 is 0 Å². The third kappa shape index (κ3) is 3.61. The summed E-state index contributed by atoms with van der Waals surface area (Å²) in [6, 6.07) is 9.78. The largest absolute Gasteiger partial charge is 0.509 e. The monoisotopic (exact) mass is 356 g/mol. The average molecular weight is 356 g/mol. The quantitative estimate of drug-likeness (QED) is 0.777. The van der Waals surface area contributed by atoms with Crippen LogP contribution < -0.4 is 0 Å². The van der Waals surface area contributed by atoms with Gasteiger partial charge in [0.05, 0.1) is 5.57 Å². The van der Waals surface area contributed by atoms with Gasteiger partial charge in [0.15, 0.2) is 17.7 Å². The molecule has 0 amide bonds. The molecule has 1 saturated carbocycles. The number of hydrogen-bond acceptors (Lipinski definition) is 4. The van der Waals surface area contributed by atoms with Crippen molar-refractivity contribution in [3.63, 3.8) is 0 Å². The van der Waals surface area contributed by atoms with E-state index in [1.54, 1.807) is 6.92 Å². The molecule has 140 valence electrons. The predicted molar refractivity (Wildman–Crippen MR) is 99.9 cm³/mol. The number of benzene rings is 1. The molecule has 4 nitrogen and oxygen atoms in total. The van der Waals surface area contributed by atoms with Crippen molar-refractivity contribution in [1.29, 1.82) is 0 Å². The molecule has 3 rings (SSSR count). The summed E-state index contributed by atoms with van der Waals surface area (Å²) in [6.45, 7) is 3.44. The Balaban J connectivity index is 1.84. The molecule has 3 atom stereocenters. The summed E-state index contributed by atoms with van der Waals surface area (Å²) in [4.78, 5) is 24.9. The number of hydrogen-bond donors (Lipinski definition) is 1. The maximum Gasteiger partial charge on any atom is 0.168 e. The highest BCUT2D eigenvalue weighted by molar-refractivity contribution is 6.03. The zero-order chi connectivity index (χ0) is 18.7. The molecule has 0 aromatic heterocycles. The van der Waals surface area contributed by atoms with Gasteiger partial charge in [-0.2, -0.15) is 0 Å². The van der Waals surface area contributed by atoms with Crippen LogP contribution in [0.2, 0.25) is 0 Å². The zero-order valence-electron chi connectivity index (χ0n) is 15.6. The first kappa shape index (κ1) is 18.8. The van der Waals surface area contributed by atoms with E-state index in [0.717, 1.165) is 31.2 Å². The van der Waals surface area contributed by atoms with Crippen LogP contribution >= 0.6 is 0 Å². The van der Waals surface area contributed by atoms with E-state index in [0.29, 0.717) is 12.7 Å². The average Bonchev–Trinajstić information content (AvgIpc) is 2.94. The van der Waals surface area contributed by atoms with Crippen molar-refractivity contribution in [1.82, 2.24) is 0 Å². The van der Waals surface area contributed by atoms with Gasteiger partial charge in [0.1, 0.15) is 11.9 Å². The van der Waals surface area contributed by atoms with Crippen molar-refractivity contribution < 1.29 is 19.4 Å². The third-order valence-corrected chi connectivity index (χ3v) is 5.78. The Hall–Kier alpha value is -1.94. The van der Waals surface area contributed by atoms with Crippen molar-refractivity contribution in [2.24, 2.45) is 11.8 Å². The van der Waals surface area contributed by atoms with Crippen LogP contribution in [0.3, 0.4) is 0 Å². The summed E-state index contributed by atoms with van der Waals surface area (Å²) >= 11 is 0. The number of ether oxygens (including phenoxy) is 1. The van der Waals surface area contributed by atoms with Crippen LogP contribution in [0.4, 0.5) is 0 Å². The van der Waals surface area contributed by atoms with E-state index >= 15 is 0 Å². The SMILES string of the molecule is CC(Cc1ccccc1)C(=O)C1=C(O)C(C2CCCCC2)OC1(C)C=O. The Morgan fingerprint density at radius 3 is 2.54 bits per heavy atom. The number of aliphatic hydroxyl groups excluding tert-OH is 1. The van der Waals surface area contributed by atoms with E-state index in [4.69, 9.17) is 4.74 Å². The van der Waals surface area contributed by atoms with Crippen LogP contribution in [0.25, 0.3) is 0 Å². The first-order chi connectivity index (χ1) is 12.5. The smallest absolute Gasteiger partial charge is 0.168 e. The van der Waals surface area contributed by atoms with E-state index in [1.807, 2.05) is 37.3 Å². The molecule has 1 N–H and O–H groups in total. The molecule has 0 bridgehead atoms. The Morgan fingerprint density at radius 1 is 1.27 bits per heavy atom. The number of aldehydes is 1. The van der Waals surface area contributed by atoms with E-state index in [9.17, 15) is 14.7 Å². The lowest BCUT2D eigenvalue weighted by molar-refractivity contribution is -0.133. The van der Waals surface area contributed by atoms with Crippen molar-refractivity contribution in [2.45, 2.75) is 64.1 Å². The summed E-state index contributed by atoms with van der Waals surface area (Å²) in [5.74, 6) is -0.365. The lowest BCUT2D eigenvalue weighted by Crippen LogP contribution is -2.37. The molecule has 0 spiro atoms. The maximum atomic E-state index is 13.1. The topological polar surface area (TPSA) is 63.6 Å². The Kier molecular flexibility index (Phi) is 5.61. The van der Waals surface area contributed by atoms with E-state index in [2.05, 4.69) is 0 Å². The number of carbonyl (C=O) groups excluding carboxylic acids is 2. The highest BCUT2D eigenvalue weighted by Crippen LogP contribution is 2.42. The van der Waals surface area contributed by atoms with Gasteiger partial charge < -0.3 is 9.84 Å². The zero-order valence-corrected chi connectivity index (χ0v) is 15.6. The fourth-order valence-corrected chi connectivity index (χ4v) is 4.30. The molecule has 1 aliphatic heterocycles. The van der Waals surface area contributed by atoms with Crippen LogP contribution in [-0.2, 0) is 20.7 Å². The lowest BCUT2D eigenvalue weighted by Gasteiger charge is -2.29. The molecule has 3 unspecified atom stereocenters. The third-order valence-electron chi connectivity index (χ3n) is 5.78. The van der Waals surface area contributed by atoms with Crippen LogP contribution in [0.15, 0.2) is 41.7 Å². The van der Waals surface area contributed by atoms with Crippen molar-refractivity contribution in [3.8, 4) is 0 Å². The molecular formula is C22H28O4. The Morgan fingerprint density at radius 2 is 1.92 bits per heavy atom. The number of rotatable bonds is 6. The Labute approximate surface area is 155 Å². The minimum atomic E-state index is -1.35. The van der Waals surface area contributed by atoms with Crippen LogP contribution in [0.5, 0.6) is 0 Å². The molecule has 1 aromatic rings. The molecule has 1 aliphatic carbocycles. The normalized spacial score (nSPS) is 28.2. The van der Waals surface area contributed by atoms with Crippen LogP contribution in [0.1, 0.15) is 51.5 Å². The molecule has 1 heterocycles. The first-order valence-electron chi connectivity index (χ1n) is 9.62. The van der Waals surface area contributed by atoms with Crippen LogP contribution in [-0.4, -0.2) is 28.9 Å². The molecule has 4 heteroatoms. The van der Waals surface area contributed by atoms with Crippen molar-refractivity contribution in [2.75, 3.05) is 0 Å². The first-order valence-corrected chi connectivity index (χ1v) is 9.62. The summed E-state index contributed by atoms with van der Waals surface area (Å²) in [5, 5.41) is 10.8. The summed E-state index contributed by atoms with van der Waals surface area (Å²) in [5.41, 5.74) is -0.135. The van der Waals surface area contributed by atoms with Crippen molar-refractivity contribution in [3.05, 3.63) is 47.2 Å².